The summed E-state index contributed by atoms with van der Waals surface area (Å²) in [5.74, 6) is -0.333. The Hall–Kier alpha value is -2.59. The Morgan fingerprint density at radius 2 is 1.71 bits per heavy atom. The van der Waals surface area contributed by atoms with Gasteiger partial charge in [0.1, 0.15) is 11.5 Å². The summed E-state index contributed by atoms with van der Waals surface area (Å²) in [4.78, 5) is 12.4. The molecule has 1 unspecified atom stereocenters. The second kappa shape index (κ2) is 5.07. The molecule has 2 N–H and O–H groups in total. The zero-order chi connectivity index (χ0) is 14.9. The first-order valence-corrected chi connectivity index (χ1v) is 6.60. The lowest BCUT2D eigenvalue weighted by Crippen LogP contribution is -2.40. The number of ether oxygens (including phenoxy) is 1. The van der Waals surface area contributed by atoms with Crippen LogP contribution in [-0.2, 0) is 10.4 Å². The third-order valence-corrected chi connectivity index (χ3v) is 3.53. The first kappa shape index (κ1) is 13.4. The van der Waals surface area contributed by atoms with Gasteiger partial charge in [-0.2, -0.15) is 0 Å². The summed E-state index contributed by atoms with van der Waals surface area (Å²) in [6.45, 7) is 0. The predicted molar refractivity (Wildman–Crippen MR) is 77.6 cm³/mol. The molecule has 1 aliphatic rings. The van der Waals surface area contributed by atoms with Gasteiger partial charge >= 0.3 is 5.97 Å². The number of esters is 1. The summed E-state index contributed by atoms with van der Waals surface area (Å²) in [6, 6.07) is 15.3. The summed E-state index contributed by atoms with van der Waals surface area (Å²) in [5.41, 5.74) is -0.999. The van der Waals surface area contributed by atoms with Crippen molar-refractivity contribution in [3.8, 4) is 5.75 Å². The van der Waals surface area contributed by atoms with Crippen LogP contribution in [0.25, 0.3) is 5.76 Å². The van der Waals surface area contributed by atoms with Gasteiger partial charge in [-0.1, -0.05) is 42.5 Å². The van der Waals surface area contributed by atoms with Crippen molar-refractivity contribution in [3.05, 3.63) is 71.8 Å². The van der Waals surface area contributed by atoms with Crippen molar-refractivity contribution < 1.29 is 19.7 Å². The smallest absolute Gasteiger partial charge is 0.348 e. The molecule has 0 aromatic heterocycles. The van der Waals surface area contributed by atoms with Crippen molar-refractivity contribution in [1.29, 1.82) is 0 Å². The summed E-state index contributed by atoms with van der Waals surface area (Å²) in [6.07, 6.45) is 1.40. The van der Waals surface area contributed by atoms with E-state index >= 15 is 0 Å². The Balaban J connectivity index is 1.96. The van der Waals surface area contributed by atoms with Gasteiger partial charge in [0.15, 0.2) is 5.60 Å². The van der Waals surface area contributed by atoms with E-state index < -0.39 is 11.6 Å². The van der Waals surface area contributed by atoms with Crippen molar-refractivity contribution in [2.75, 3.05) is 0 Å². The number of carbonyl (C=O) groups is 1. The Bertz CT molecular complexity index is 706. The first-order chi connectivity index (χ1) is 10.1. The van der Waals surface area contributed by atoms with Crippen molar-refractivity contribution in [1.82, 2.24) is 0 Å². The van der Waals surface area contributed by atoms with Crippen molar-refractivity contribution >= 4 is 11.7 Å². The van der Waals surface area contributed by atoms with Crippen LogP contribution < -0.4 is 4.74 Å². The number of rotatable bonds is 2. The van der Waals surface area contributed by atoms with Crippen LogP contribution in [0.3, 0.4) is 0 Å². The third-order valence-electron chi connectivity index (χ3n) is 3.53. The maximum atomic E-state index is 12.4. The molecule has 0 radical (unpaired) electrons. The summed E-state index contributed by atoms with van der Waals surface area (Å²) < 4.78 is 5.25. The van der Waals surface area contributed by atoms with Gasteiger partial charge in [-0.3, -0.25) is 0 Å². The van der Waals surface area contributed by atoms with Crippen LogP contribution in [0.1, 0.15) is 17.5 Å². The molecule has 0 amide bonds. The maximum absolute atomic E-state index is 12.4. The molecule has 0 saturated heterocycles. The Morgan fingerprint density at radius 3 is 2.48 bits per heavy atom. The Labute approximate surface area is 121 Å². The molecule has 106 valence electrons. The van der Waals surface area contributed by atoms with Crippen LogP contribution in [0, 0.1) is 0 Å². The van der Waals surface area contributed by atoms with E-state index in [4.69, 9.17) is 4.74 Å². The van der Waals surface area contributed by atoms with Gasteiger partial charge in [-0.05, 0) is 18.2 Å². The van der Waals surface area contributed by atoms with Crippen molar-refractivity contribution in [3.63, 3.8) is 0 Å². The SMILES string of the molecule is O=C(Oc1ccccc1)C1(O)CC=C(O)c2ccccc21. The molecule has 1 atom stereocenters. The van der Waals surface area contributed by atoms with E-state index in [-0.39, 0.29) is 12.2 Å². The van der Waals surface area contributed by atoms with Gasteiger partial charge in [-0.25, -0.2) is 4.79 Å². The lowest BCUT2D eigenvalue weighted by molar-refractivity contribution is -0.156. The van der Waals surface area contributed by atoms with E-state index in [2.05, 4.69) is 0 Å². The predicted octanol–water partition coefficient (Wildman–Crippen LogP) is 2.78. The number of fused-ring (bicyclic) bond motifs is 1. The quantitative estimate of drug-likeness (QED) is 0.656. The molecule has 0 fully saturated rings. The number of hydrogen-bond acceptors (Lipinski definition) is 4. The summed E-state index contributed by atoms with van der Waals surface area (Å²) >= 11 is 0. The molecule has 4 nitrogen and oxygen atoms in total. The highest BCUT2D eigenvalue weighted by atomic mass is 16.6. The molecule has 2 aromatic rings. The third kappa shape index (κ3) is 2.30. The number of para-hydroxylation sites is 1. The number of hydrogen-bond donors (Lipinski definition) is 2. The molecule has 1 aliphatic carbocycles. The van der Waals surface area contributed by atoms with Crippen LogP contribution >= 0.6 is 0 Å². The fraction of sp³-hybridized carbons (Fsp3) is 0.118. The minimum absolute atomic E-state index is 0.0263. The first-order valence-electron chi connectivity index (χ1n) is 6.60. The number of aliphatic hydroxyl groups excluding tert-OH is 1. The fourth-order valence-electron chi connectivity index (χ4n) is 2.40. The van der Waals surface area contributed by atoms with E-state index in [1.165, 1.54) is 6.08 Å². The van der Waals surface area contributed by atoms with Crippen LogP contribution in [0.2, 0.25) is 0 Å². The lowest BCUT2D eigenvalue weighted by atomic mass is 9.82. The monoisotopic (exact) mass is 282 g/mol. The van der Waals surface area contributed by atoms with Crippen LogP contribution in [-0.4, -0.2) is 16.2 Å². The van der Waals surface area contributed by atoms with E-state index in [0.717, 1.165) is 0 Å². The Morgan fingerprint density at radius 1 is 1.05 bits per heavy atom. The fourth-order valence-corrected chi connectivity index (χ4v) is 2.40. The number of carbonyl (C=O) groups excluding carboxylic acids is 1. The molecule has 21 heavy (non-hydrogen) atoms. The van der Waals surface area contributed by atoms with Gasteiger partial charge in [-0.15, -0.1) is 0 Å². The molecule has 4 heteroatoms. The van der Waals surface area contributed by atoms with Crippen LogP contribution in [0.5, 0.6) is 5.75 Å². The van der Waals surface area contributed by atoms with Crippen molar-refractivity contribution in [2.24, 2.45) is 0 Å². The molecule has 0 heterocycles. The van der Waals surface area contributed by atoms with Gasteiger partial charge in [0, 0.05) is 17.5 Å². The largest absolute Gasteiger partial charge is 0.508 e. The standard InChI is InChI=1S/C17H14O4/c18-15-10-11-17(20,14-9-5-4-8-13(14)15)16(19)21-12-6-2-1-3-7-12/h1-10,18,20H,11H2. The molecular weight excluding hydrogens is 268 g/mol. The molecule has 0 spiro atoms. The molecule has 2 aromatic carbocycles. The van der Waals surface area contributed by atoms with E-state index in [9.17, 15) is 15.0 Å². The molecule has 0 bridgehead atoms. The average Bonchev–Trinajstić information content (AvgIpc) is 2.52. The van der Waals surface area contributed by atoms with Gasteiger partial charge < -0.3 is 14.9 Å². The van der Waals surface area contributed by atoms with Gasteiger partial charge in [0.05, 0.1) is 0 Å². The van der Waals surface area contributed by atoms with Gasteiger partial charge in [0.2, 0.25) is 0 Å². The van der Waals surface area contributed by atoms with Gasteiger partial charge in [0.25, 0.3) is 0 Å². The number of benzene rings is 2. The lowest BCUT2D eigenvalue weighted by Gasteiger charge is -2.30. The van der Waals surface area contributed by atoms with E-state index in [1.807, 2.05) is 6.07 Å². The highest BCUT2D eigenvalue weighted by molar-refractivity contribution is 5.87. The Kier molecular flexibility index (Phi) is 3.23. The summed E-state index contributed by atoms with van der Waals surface area (Å²) in [5, 5.41) is 20.6. The molecule has 0 aliphatic heterocycles. The number of aliphatic hydroxyl groups is 2. The average molecular weight is 282 g/mol. The molecule has 3 rings (SSSR count). The normalized spacial score (nSPS) is 20.3. The minimum atomic E-state index is -1.79. The highest BCUT2D eigenvalue weighted by Crippen LogP contribution is 2.37. The molecular formula is C17H14O4. The molecule has 0 saturated carbocycles. The highest BCUT2D eigenvalue weighted by Gasteiger charge is 2.43. The second-order valence-corrected chi connectivity index (χ2v) is 4.90. The maximum Gasteiger partial charge on any atom is 0.348 e. The zero-order valence-electron chi connectivity index (χ0n) is 11.2. The van der Waals surface area contributed by atoms with Crippen LogP contribution in [0.15, 0.2) is 60.7 Å². The zero-order valence-corrected chi connectivity index (χ0v) is 11.2. The van der Waals surface area contributed by atoms with E-state index in [0.29, 0.717) is 16.9 Å². The second-order valence-electron chi connectivity index (χ2n) is 4.90. The minimum Gasteiger partial charge on any atom is -0.508 e. The van der Waals surface area contributed by atoms with Crippen molar-refractivity contribution in [2.45, 2.75) is 12.0 Å². The van der Waals surface area contributed by atoms with Crippen LogP contribution in [0.4, 0.5) is 0 Å². The summed E-state index contributed by atoms with van der Waals surface area (Å²) in [7, 11) is 0. The van der Waals surface area contributed by atoms with E-state index in [1.54, 1.807) is 48.5 Å². The topological polar surface area (TPSA) is 66.8 Å².